The number of aliphatic hydroxyl groups is 1. The second kappa shape index (κ2) is 7.59. The molecule has 0 aromatic heterocycles. The van der Waals surface area contributed by atoms with E-state index in [4.69, 9.17) is 0 Å². The van der Waals surface area contributed by atoms with Crippen molar-refractivity contribution in [2.75, 3.05) is 6.54 Å². The van der Waals surface area contributed by atoms with Gasteiger partial charge in [0.15, 0.2) is 0 Å². The minimum absolute atomic E-state index is 0.103. The summed E-state index contributed by atoms with van der Waals surface area (Å²) in [7, 11) is 0. The van der Waals surface area contributed by atoms with E-state index in [1.165, 1.54) is 0 Å². The number of benzene rings is 1. The van der Waals surface area contributed by atoms with E-state index in [9.17, 15) is 14.7 Å². The van der Waals surface area contributed by atoms with Crippen molar-refractivity contribution in [2.45, 2.75) is 57.6 Å². The van der Waals surface area contributed by atoms with Crippen LogP contribution in [0.2, 0.25) is 0 Å². The lowest BCUT2D eigenvalue weighted by molar-refractivity contribution is -0.122. The molecule has 0 unspecified atom stereocenters. The number of carbonyl (C=O) groups excluding carboxylic acids is 2. The highest BCUT2D eigenvalue weighted by atomic mass is 16.3. The molecule has 2 rings (SSSR count). The quantitative estimate of drug-likeness (QED) is 0.774. The average Bonchev–Trinajstić information content (AvgIpc) is 2.70. The maximum atomic E-state index is 12.4. The molecule has 0 radical (unpaired) electrons. The molecule has 0 spiro atoms. The maximum Gasteiger partial charge on any atom is 0.251 e. The molecule has 0 aliphatic carbocycles. The molecule has 126 valence electrons. The fourth-order valence-corrected chi connectivity index (χ4v) is 2.64. The molecule has 1 aromatic carbocycles. The maximum absolute atomic E-state index is 12.4. The first-order chi connectivity index (χ1) is 10.8. The summed E-state index contributed by atoms with van der Waals surface area (Å²) in [6.07, 6.45) is 3.88. The molecule has 0 bridgehead atoms. The summed E-state index contributed by atoms with van der Waals surface area (Å²) in [6, 6.07) is 6.90. The average molecular weight is 318 g/mol. The van der Waals surface area contributed by atoms with E-state index in [-0.39, 0.29) is 11.8 Å². The van der Waals surface area contributed by atoms with E-state index >= 15 is 0 Å². The van der Waals surface area contributed by atoms with Gasteiger partial charge in [0.05, 0.1) is 5.60 Å². The van der Waals surface area contributed by atoms with Gasteiger partial charge in [-0.05, 0) is 63.6 Å². The predicted molar refractivity (Wildman–Crippen MR) is 89.2 cm³/mol. The van der Waals surface area contributed by atoms with Gasteiger partial charge < -0.3 is 15.7 Å². The summed E-state index contributed by atoms with van der Waals surface area (Å²) in [4.78, 5) is 24.3. The minimum Gasteiger partial charge on any atom is -0.390 e. The molecule has 23 heavy (non-hydrogen) atoms. The molecule has 5 nitrogen and oxygen atoms in total. The number of hydrogen-bond donors (Lipinski definition) is 3. The summed E-state index contributed by atoms with van der Waals surface area (Å²) in [6.45, 7) is 4.22. The van der Waals surface area contributed by atoms with Crippen molar-refractivity contribution in [3.63, 3.8) is 0 Å². The van der Waals surface area contributed by atoms with Crippen LogP contribution in [0.1, 0.15) is 55.5 Å². The summed E-state index contributed by atoms with van der Waals surface area (Å²) in [5, 5.41) is 15.4. The van der Waals surface area contributed by atoms with Crippen molar-refractivity contribution >= 4 is 11.8 Å². The molecule has 1 aliphatic rings. The molecule has 2 amide bonds. The molecule has 1 aliphatic heterocycles. The lowest BCUT2D eigenvalue weighted by atomic mass is 9.97. The smallest absolute Gasteiger partial charge is 0.251 e. The first kappa shape index (κ1) is 17.5. The van der Waals surface area contributed by atoms with Crippen molar-refractivity contribution in [1.29, 1.82) is 0 Å². The van der Waals surface area contributed by atoms with Crippen LogP contribution in [-0.4, -0.2) is 35.1 Å². The van der Waals surface area contributed by atoms with Crippen molar-refractivity contribution in [2.24, 2.45) is 0 Å². The molecular formula is C18H26N2O3. The van der Waals surface area contributed by atoms with Gasteiger partial charge in [-0.25, -0.2) is 0 Å². The molecule has 1 aromatic rings. The number of rotatable bonds is 5. The molecule has 1 saturated heterocycles. The molecule has 3 N–H and O–H groups in total. The Hall–Kier alpha value is -1.88. The van der Waals surface area contributed by atoms with Gasteiger partial charge in [0.2, 0.25) is 5.91 Å². The Morgan fingerprint density at radius 3 is 2.91 bits per heavy atom. The van der Waals surface area contributed by atoms with Gasteiger partial charge in [0, 0.05) is 12.1 Å². The largest absolute Gasteiger partial charge is 0.390 e. The number of hydrogen-bond acceptors (Lipinski definition) is 3. The van der Waals surface area contributed by atoms with Crippen LogP contribution in [0.5, 0.6) is 0 Å². The standard InChI is InChI=1S/C18H26N2O3/c1-18(2,23)10-9-13-6-5-7-14(12-13)16(21)20-15-8-3-4-11-19-17(15)22/h5-7,12,15,23H,3-4,8-11H2,1-2H3,(H,19,22)(H,20,21)/t15-/m0/s1. The highest BCUT2D eigenvalue weighted by Gasteiger charge is 2.23. The van der Waals surface area contributed by atoms with Crippen LogP contribution in [0, 0.1) is 0 Å². The van der Waals surface area contributed by atoms with Crippen molar-refractivity contribution in [1.82, 2.24) is 10.6 Å². The third-order valence-corrected chi connectivity index (χ3v) is 4.06. The summed E-state index contributed by atoms with van der Waals surface area (Å²) in [5.41, 5.74) is 0.830. The first-order valence-corrected chi connectivity index (χ1v) is 8.25. The van der Waals surface area contributed by atoms with Gasteiger partial charge >= 0.3 is 0 Å². The minimum atomic E-state index is -0.725. The lowest BCUT2D eigenvalue weighted by Crippen LogP contribution is -2.45. The predicted octanol–water partition coefficient (Wildman–Crippen LogP) is 1.79. The van der Waals surface area contributed by atoms with Gasteiger partial charge in [0.25, 0.3) is 5.91 Å². The zero-order chi connectivity index (χ0) is 16.9. The lowest BCUT2D eigenvalue weighted by Gasteiger charge is -2.17. The second-order valence-corrected chi connectivity index (χ2v) is 6.83. The first-order valence-electron chi connectivity index (χ1n) is 8.25. The van der Waals surface area contributed by atoms with E-state index < -0.39 is 11.6 Å². The SMILES string of the molecule is CC(C)(O)CCc1cccc(C(=O)N[C@H]2CCCCNC2=O)c1. The van der Waals surface area contributed by atoms with Crippen LogP contribution in [0.3, 0.4) is 0 Å². The van der Waals surface area contributed by atoms with Gasteiger partial charge in [-0.15, -0.1) is 0 Å². The second-order valence-electron chi connectivity index (χ2n) is 6.83. The summed E-state index contributed by atoms with van der Waals surface area (Å²) < 4.78 is 0. The van der Waals surface area contributed by atoms with Gasteiger partial charge in [-0.2, -0.15) is 0 Å². The molecule has 1 atom stereocenters. The molecule has 1 fully saturated rings. The number of amides is 2. The van der Waals surface area contributed by atoms with E-state index in [1.54, 1.807) is 19.9 Å². The van der Waals surface area contributed by atoms with Crippen LogP contribution in [0.25, 0.3) is 0 Å². The Morgan fingerprint density at radius 2 is 2.17 bits per heavy atom. The summed E-state index contributed by atoms with van der Waals surface area (Å²) >= 11 is 0. The van der Waals surface area contributed by atoms with Crippen LogP contribution >= 0.6 is 0 Å². The van der Waals surface area contributed by atoms with Gasteiger partial charge in [0.1, 0.15) is 6.04 Å². The monoisotopic (exact) mass is 318 g/mol. The van der Waals surface area contributed by atoms with Crippen molar-refractivity contribution < 1.29 is 14.7 Å². The zero-order valence-electron chi connectivity index (χ0n) is 13.9. The van der Waals surface area contributed by atoms with E-state index in [0.717, 1.165) is 18.4 Å². The van der Waals surface area contributed by atoms with Crippen LogP contribution in [-0.2, 0) is 11.2 Å². The fourth-order valence-electron chi connectivity index (χ4n) is 2.64. The molecular weight excluding hydrogens is 292 g/mol. The summed E-state index contributed by atoms with van der Waals surface area (Å²) in [5.74, 6) is -0.328. The van der Waals surface area contributed by atoms with Crippen molar-refractivity contribution in [3.8, 4) is 0 Å². The molecule has 1 heterocycles. The number of aryl methyl sites for hydroxylation is 1. The van der Waals surface area contributed by atoms with E-state index in [2.05, 4.69) is 10.6 Å². The fraction of sp³-hybridized carbons (Fsp3) is 0.556. The molecule has 5 heteroatoms. The zero-order valence-corrected chi connectivity index (χ0v) is 13.9. The third-order valence-electron chi connectivity index (χ3n) is 4.06. The Balaban J connectivity index is 2.00. The third kappa shape index (κ3) is 5.67. The van der Waals surface area contributed by atoms with E-state index in [1.807, 2.05) is 18.2 Å². The van der Waals surface area contributed by atoms with Gasteiger partial charge in [-0.1, -0.05) is 12.1 Å². The van der Waals surface area contributed by atoms with Crippen LogP contribution in [0.4, 0.5) is 0 Å². The number of carbonyl (C=O) groups is 2. The van der Waals surface area contributed by atoms with Crippen molar-refractivity contribution in [3.05, 3.63) is 35.4 Å². The van der Waals surface area contributed by atoms with Crippen LogP contribution < -0.4 is 10.6 Å². The Bertz CT molecular complexity index is 564. The highest BCUT2D eigenvalue weighted by molar-refractivity contribution is 5.97. The Labute approximate surface area is 137 Å². The normalized spacial score (nSPS) is 18.9. The Kier molecular flexibility index (Phi) is 5.77. The number of nitrogens with one attached hydrogen (secondary N) is 2. The Morgan fingerprint density at radius 1 is 1.39 bits per heavy atom. The molecule has 0 saturated carbocycles. The van der Waals surface area contributed by atoms with Gasteiger partial charge in [-0.3, -0.25) is 9.59 Å². The van der Waals surface area contributed by atoms with E-state index in [0.29, 0.717) is 31.4 Å². The van der Waals surface area contributed by atoms with Crippen LogP contribution in [0.15, 0.2) is 24.3 Å². The highest BCUT2D eigenvalue weighted by Crippen LogP contribution is 2.15. The topological polar surface area (TPSA) is 78.4 Å².